The summed E-state index contributed by atoms with van der Waals surface area (Å²) in [6, 6.07) is 0.472. The van der Waals surface area contributed by atoms with E-state index < -0.39 is 0 Å². The summed E-state index contributed by atoms with van der Waals surface area (Å²) < 4.78 is 0. The number of hydrogen-bond acceptors (Lipinski definition) is 1. The highest BCUT2D eigenvalue weighted by atomic mass is 16.2. The Morgan fingerprint density at radius 1 is 1.29 bits per heavy atom. The van der Waals surface area contributed by atoms with E-state index in [1.165, 1.54) is 19.3 Å². The molecule has 2 rings (SSSR count). The molecule has 0 aromatic carbocycles. The van der Waals surface area contributed by atoms with Gasteiger partial charge in [0.1, 0.15) is 0 Å². The number of hydrogen-bond donors (Lipinski definition) is 0. The van der Waals surface area contributed by atoms with Gasteiger partial charge >= 0.3 is 0 Å². The molecule has 2 fully saturated rings. The van der Waals surface area contributed by atoms with Crippen molar-refractivity contribution in [3.8, 4) is 0 Å². The fraction of sp³-hybridized carbons (Fsp3) is 0.933. The Balaban J connectivity index is 2.07. The second kappa shape index (κ2) is 4.29. The standard InChI is InChI=1S/C15H27NO/c1-10(15(3,4)5)14(17)16-9-12-7-6-8-13(12)11(16)2/h10-13H,6-9H2,1-5H3/t10-,11-,12+,13-/m1/s1. The molecule has 4 atom stereocenters. The lowest BCUT2D eigenvalue weighted by atomic mass is 9.81. The zero-order valence-corrected chi connectivity index (χ0v) is 12.0. The van der Waals surface area contributed by atoms with Crippen LogP contribution in [0.4, 0.5) is 0 Å². The molecule has 2 nitrogen and oxygen atoms in total. The van der Waals surface area contributed by atoms with E-state index in [4.69, 9.17) is 0 Å². The summed E-state index contributed by atoms with van der Waals surface area (Å²) >= 11 is 0. The van der Waals surface area contributed by atoms with Crippen LogP contribution >= 0.6 is 0 Å². The van der Waals surface area contributed by atoms with Gasteiger partial charge in [-0.25, -0.2) is 0 Å². The Labute approximate surface area is 106 Å². The van der Waals surface area contributed by atoms with Gasteiger partial charge in [-0.15, -0.1) is 0 Å². The van der Waals surface area contributed by atoms with E-state index in [1.807, 2.05) is 0 Å². The fourth-order valence-corrected chi connectivity index (χ4v) is 3.49. The number of rotatable bonds is 1. The second-order valence-electron chi connectivity index (χ2n) is 7.17. The molecule has 1 saturated carbocycles. The van der Waals surface area contributed by atoms with Gasteiger partial charge in [-0.1, -0.05) is 34.1 Å². The van der Waals surface area contributed by atoms with Crippen molar-refractivity contribution in [3.05, 3.63) is 0 Å². The maximum Gasteiger partial charge on any atom is 0.226 e. The summed E-state index contributed by atoms with van der Waals surface area (Å²) in [4.78, 5) is 14.7. The molecule has 1 saturated heterocycles. The minimum atomic E-state index is 0.0779. The fourth-order valence-electron chi connectivity index (χ4n) is 3.49. The Hall–Kier alpha value is -0.530. The SMILES string of the molecule is C[C@@H]1[C@H]2CCC[C@H]2CN1C(=O)[C@@H](C)C(C)(C)C. The molecule has 0 unspecified atom stereocenters. The van der Waals surface area contributed by atoms with Crippen molar-refractivity contribution in [1.29, 1.82) is 0 Å². The summed E-state index contributed by atoms with van der Waals surface area (Å²) in [5.74, 6) is 2.08. The van der Waals surface area contributed by atoms with E-state index in [0.717, 1.165) is 18.4 Å². The minimum Gasteiger partial charge on any atom is -0.339 e. The summed E-state index contributed by atoms with van der Waals surface area (Å²) in [6.07, 6.45) is 4.04. The van der Waals surface area contributed by atoms with Crippen molar-refractivity contribution in [3.63, 3.8) is 0 Å². The topological polar surface area (TPSA) is 20.3 Å². The van der Waals surface area contributed by atoms with Crippen molar-refractivity contribution in [2.75, 3.05) is 6.54 Å². The van der Waals surface area contributed by atoms with Crippen LogP contribution in [0.1, 0.15) is 53.9 Å². The van der Waals surface area contributed by atoms with Crippen molar-refractivity contribution in [1.82, 2.24) is 4.90 Å². The maximum atomic E-state index is 12.6. The normalized spacial score (nSPS) is 34.9. The zero-order chi connectivity index (χ0) is 12.8. The molecular formula is C15H27NO. The molecule has 1 amide bonds. The van der Waals surface area contributed by atoms with Gasteiger partial charge in [0.15, 0.2) is 0 Å². The van der Waals surface area contributed by atoms with Crippen molar-refractivity contribution >= 4 is 5.91 Å². The van der Waals surface area contributed by atoms with Crippen LogP contribution in [-0.2, 0) is 4.79 Å². The van der Waals surface area contributed by atoms with Crippen LogP contribution in [0.3, 0.4) is 0 Å². The summed E-state index contributed by atoms with van der Waals surface area (Å²) in [5, 5.41) is 0. The van der Waals surface area contributed by atoms with Gasteiger partial charge in [-0.3, -0.25) is 4.79 Å². The first-order valence-electron chi connectivity index (χ1n) is 7.13. The molecule has 1 heterocycles. The summed E-state index contributed by atoms with van der Waals surface area (Å²) in [6.45, 7) is 11.9. The van der Waals surface area contributed by atoms with Gasteiger partial charge in [0, 0.05) is 18.5 Å². The predicted octanol–water partition coefficient (Wildman–Crippen LogP) is 3.32. The van der Waals surface area contributed by atoms with Crippen molar-refractivity contribution < 1.29 is 4.79 Å². The minimum absolute atomic E-state index is 0.0779. The van der Waals surface area contributed by atoms with Crippen LogP contribution < -0.4 is 0 Å². The third kappa shape index (κ3) is 2.23. The Morgan fingerprint density at radius 3 is 2.47 bits per heavy atom. The first-order valence-corrected chi connectivity index (χ1v) is 7.13. The molecule has 1 aliphatic carbocycles. The van der Waals surface area contributed by atoms with Crippen LogP contribution in [0, 0.1) is 23.2 Å². The smallest absolute Gasteiger partial charge is 0.226 e. The van der Waals surface area contributed by atoms with E-state index >= 15 is 0 Å². The Morgan fingerprint density at radius 2 is 1.94 bits per heavy atom. The quantitative estimate of drug-likeness (QED) is 0.685. The maximum absolute atomic E-state index is 12.6. The van der Waals surface area contributed by atoms with Gasteiger partial charge in [-0.05, 0) is 37.0 Å². The number of amides is 1. The van der Waals surface area contributed by atoms with E-state index in [9.17, 15) is 4.79 Å². The number of carbonyl (C=O) groups excluding carboxylic acids is 1. The molecule has 0 aromatic rings. The average molecular weight is 237 g/mol. The number of nitrogens with zero attached hydrogens (tertiary/aromatic N) is 1. The average Bonchev–Trinajstić information content (AvgIpc) is 2.78. The van der Waals surface area contributed by atoms with Crippen LogP contribution in [0.15, 0.2) is 0 Å². The lowest BCUT2D eigenvalue weighted by Gasteiger charge is -2.33. The lowest BCUT2D eigenvalue weighted by Crippen LogP contribution is -2.42. The Kier molecular flexibility index (Phi) is 3.26. The van der Waals surface area contributed by atoms with Gasteiger partial charge in [0.05, 0.1) is 0 Å². The van der Waals surface area contributed by atoms with Crippen LogP contribution in [0.25, 0.3) is 0 Å². The monoisotopic (exact) mass is 237 g/mol. The first kappa shape index (κ1) is 12.9. The largest absolute Gasteiger partial charge is 0.339 e. The van der Waals surface area contributed by atoms with Crippen LogP contribution in [0.5, 0.6) is 0 Å². The third-order valence-electron chi connectivity index (χ3n) is 5.21. The molecule has 1 aliphatic heterocycles. The molecule has 2 heteroatoms. The molecule has 0 N–H and O–H groups in total. The Bertz CT molecular complexity index is 305. The highest BCUT2D eigenvalue weighted by Crippen LogP contribution is 2.43. The molecule has 17 heavy (non-hydrogen) atoms. The zero-order valence-electron chi connectivity index (χ0n) is 12.0. The number of likely N-dealkylation sites (tertiary alicyclic amines) is 1. The highest BCUT2D eigenvalue weighted by Gasteiger charge is 2.45. The molecule has 98 valence electrons. The molecular weight excluding hydrogens is 210 g/mol. The van der Waals surface area contributed by atoms with E-state index in [-0.39, 0.29) is 11.3 Å². The van der Waals surface area contributed by atoms with Crippen LogP contribution in [-0.4, -0.2) is 23.4 Å². The van der Waals surface area contributed by atoms with E-state index in [1.54, 1.807) is 0 Å². The van der Waals surface area contributed by atoms with Gasteiger partial charge in [0.2, 0.25) is 5.91 Å². The van der Waals surface area contributed by atoms with E-state index in [0.29, 0.717) is 11.9 Å². The van der Waals surface area contributed by atoms with Gasteiger partial charge < -0.3 is 4.90 Å². The van der Waals surface area contributed by atoms with Gasteiger partial charge in [0.25, 0.3) is 0 Å². The van der Waals surface area contributed by atoms with Crippen molar-refractivity contribution in [2.24, 2.45) is 23.2 Å². The summed E-state index contributed by atoms with van der Waals surface area (Å²) in [5.41, 5.74) is 0.0779. The number of carbonyl (C=O) groups is 1. The molecule has 0 bridgehead atoms. The number of fused-ring (bicyclic) bond motifs is 1. The highest BCUT2D eigenvalue weighted by molar-refractivity contribution is 5.80. The molecule has 2 aliphatic rings. The first-order chi connectivity index (χ1) is 7.82. The van der Waals surface area contributed by atoms with E-state index in [2.05, 4.69) is 39.5 Å². The second-order valence-corrected chi connectivity index (χ2v) is 7.17. The summed E-state index contributed by atoms with van der Waals surface area (Å²) in [7, 11) is 0. The third-order valence-corrected chi connectivity index (χ3v) is 5.21. The molecule has 0 radical (unpaired) electrons. The van der Waals surface area contributed by atoms with Gasteiger partial charge in [-0.2, -0.15) is 0 Å². The van der Waals surface area contributed by atoms with Crippen LogP contribution in [0.2, 0.25) is 0 Å². The lowest BCUT2D eigenvalue weighted by molar-refractivity contribution is -0.139. The molecule has 0 spiro atoms. The molecule has 0 aromatic heterocycles. The van der Waals surface area contributed by atoms with Crippen molar-refractivity contribution in [2.45, 2.75) is 59.9 Å². The predicted molar refractivity (Wildman–Crippen MR) is 70.6 cm³/mol.